The standard InChI is InChI=1S/C36H30O6Se/c1-7-19-31(20-8-1)37-43(38-32-21-9-2-10-22-32,39-33-23-11-3-12-24-33,40-34-25-13-4-14-26-34,41-35-27-15-5-16-28-35)42-36-29-17-6-18-30-36/h1-30H. The van der Waals surface area contributed by atoms with Crippen molar-refractivity contribution in [2.75, 3.05) is 0 Å². The first-order chi connectivity index (χ1) is 21.1. The molecular weight excluding hydrogens is 607 g/mol. The molecule has 0 aliphatic carbocycles. The van der Waals surface area contributed by atoms with Gasteiger partial charge in [-0.3, -0.25) is 0 Å². The van der Waals surface area contributed by atoms with E-state index in [1.165, 1.54) is 0 Å². The van der Waals surface area contributed by atoms with Crippen LogP contribution in [0, 0.1) is 0 Å². The summed E-state index contributed by atoms with van der Waals surface area (Å²) in [5.74, 6) is 1.96. The monoisotopic (exact) mass is 638 g/mol. The molecular formula is C36H30O6Se. The molecule has 0 heterocycles. The van der Waals surface area contributed by atoms with Crippen LogP contribution in [-0.4, -0.2) is 12.7 Å². The van der Waals surface area contributed by atoms with E-state index in [1.807, 2.05) is 109 Å². The van der Waals surface area contributed by atoms with Crippen molar-refractivity contribution in [1.82, 2.24) is 0 Å². The minimum atomic E-state index is -7.25. The van der Waals surface area contributed by atoms with Crippen molar-refractivity contribution in [3.05, 3.63) is 182 Å². The number of hydrogen-bond acceptors (Lipinski definition) is 6. The Kier molecular flexibility index (Phi) is 7.43. The number of para-hydroxylation sites is 6. The molecule has 43 heavy (non-hydrogen) atoms. The first-order valence-electron chi connectivity index (χ1n) is 13.7. The summed E-state index contributed by atoms with van der Waals surface area (Å²) in [5, 5.41) is 0. The van der Waals surface area contributed by atoms with Gasteiger partial charge in [0.05, 0.1) is 0 Å². The SMILES string of the molecule is c1ccc(O[Se](Oc2ccccc2)(Oc2ccccc2)(Oc2ccccc2)(Oc2ccccc2)Oc2ccccc2)cc1. The van der Waals surface area contributed by atoms with Gasteiger partial charge in [0.1, 0.15) is 0 Å². The van der Waals surface area contributed by atoms with E-state index in [0.717, 1.165) is 0 Å². The molecule has 0 radical (unpaired) electrons. The molecule has 0 fully saturated rings. The van der Waals surface area contributed by atoms with Crippen molar-refractivity contribution in [1.29, 1.82) is 0 Å². The molecule has 0 saturated heterocycles. The van der Waals surface area contributed by atoms with E-state index in [9.17, 15) is 0 Å². The van der Waals surface area contributed by atoms with Gasteiger partial charge in [0.2, 0.25) is 0 Å². The molecule has 0 bridgehead atoms. The maximum absolute atomic E-state index is 7.25. The van der Waals surface area contributed by atoms with Crippen molar-refractivity contribution in [3.63, 3.8) is 0 Å². The summed E-state index contributed by atoms with van der Waals surface area (Å²) in [4.78, 5) is 0. The van der Waals surface area contributed by atoms with Gasteiger partial charge >= 0.3 is 252 Å². The maximum atomic E-state index is 7.05. The summed E-state index contributed by atoms with van der Waals surface area (Å²) < 4.78 is 42.3. The first kappa shape index (κ1) is 27.8. The average Bonchev–Trinajstić information content (AvgIpc) is 3.04. The Morgan fingerprint density at radius 2 is 0.349 bits per heavy atom. The van der Waals surface area contributed by atoms with Gasteiger partial charge in [0, 0.05) is 0 Å². The van der Waals surface area contributed by atoms with Gasteiger partial charge < -0.3 is 0 Å². The number of hydrogen-bond donors (Lipinski definition) is 0. The molecule has 0 aliphatic rings. The van der Waals surface area contributed by atoms with Crippen LogP contribution in [0.1, 0.15) is 0 Å². The van der Waals surface area contributed by atoms with Crippen molar-refractivity contribution in [3.8, 4) is 34.5 Å². The Bertz CT molecular complexity index is 1380. The van der Waals surface area contributed by atoms with E-state index in [2.05, 4.69) is 0 Å². The van der Waals surface area contributed by atoms with E-state index < -0.39 is 12.7 Å². The molecule has 6 aromatic carbocycles. The fourth-order valence-electron chi connectivity index (χ4n) is 4.29. The molecule has 6 rings (SSSR count). The van der Waals surface area contributed by atoms with Crippen LogP contribution < -0.4 is 22.9 Å². The van der Waals surface area contributed by atoms with Gasteiger partial charge in [-0.1, -0.05) is 0 Å². The third-order valence-corrected chi connectivity index (χ3v) is 12.8. The Balaban J connectivity index is 1.77. The molecule has 216 valence electrons. The average molecular weight is 638 g/mol. The van der Waals surface area contributed by atoms with E-state index in [0.29, 0.717) is 34.5 Å². The van der Waals surface area contributed by atoms with Crippen LogP contribution in [0.4, 0.5) is 0 Å². The van der Waals surface area contributed by atoms with Crippen LogP contribution in [-0.2, 0) is 0 Å². The molecule has 0 amide bonds. The van der Waals surface area contributed by atoms with Gasteiger partial charge in [0.15, 0.2) is 0 Å². The molecule has 6 aromatic rings. The molecule has 0 aliphatic heterocycles. The van der Waals surface area contributed by atoms with Crippen molar-refractivity contribution in [2.24, 2.45) is 0 Å². The van der Waals surface area contributed by atoms with Gasteiger partial charge in [-0.05, 0) is 0 Å². The van der Waals surface area contributed by atoms with Gasteiger partial charge in [0.25, 0.3) is 0 Å². The summed E-state index contributed by atoms with van der Waals surface area (Å²) >= 11 is -7.25. The number of rotatable bonds is 12. The van der Waals surface area contributed by atoms with E-state index >= 15 is 0 Å². The zero-order valence-electron chi connectivity index (χ0n) is 23.2. The van der Waals surface area contributed by atoms with E-state index in [4.69, 9.17) is 22.9 Å². The van der Waals surface area contributed by atoms with Crippen molar-refractivity contribution >= 4 is 12.7 Å². The first-order valence-corrected chi connectivity index (χ1v) is 17.9. The van der Waals surface area contributed by atoms with Crippen LogP contribution in [0.25, 0.3) is 0 Å². The Labute approximate surface area is 251 Å². The zero-order chi connectivity index (χ0) is 29.3. The third-order valence-electron chi connectivity index (χ3n) is 6.06. The molecule has 0 aromatic heterocycles. The van der Waals surface area contributed by atoms with Crippen LogP contribution in [0.2, 0.25) is 0 Å². The van der Waals surface area contributed by atoms with Gasteiger partial charge in [-0.15, -0.1) is 0 Å². The van der Waals surface area contributed by atoms with Crippen molar-refractivity contribution in [2.45, 2.75) is 0 Å². The summed E-state index contributed by atoms with van der Waals surface area (Å²) in [6.45, 7) is 0. The normalized spacial score (nSPS) is 12.6. The Morgan fingerprint density at radius 1 is 0.209 bits per heavy atom. The van der Waals surface area contributed by atoms with E-state index in [-0.39, 0.29) is 0 Å². The predicted molar refractivity (Wildman–Crippen MR) is 168 cm³/mol. The van der Waals surface area contributed by atoms with Gasteiger partial charge in [-0.2, -0.15) is 0 Å². The molecule has 0 N–H and O–H groups in total. The number of benzene rings is 6. The predicted octanol–water partition coefficient (Wildman–Crippen LogP) is 8.80. The Morgan fingerprint density at radius 3 is 0.488 bits per heavy atom. The summed E-state index contributed by atoms with van der Waals surface area (Å²) in [5.41, 5.74) is 0. The summed E-state index contributed by atoms with van der Waals surface area (Å²) in [6, 6.07) is 54.4. The molecule has 7 heteroatoms. The fourth-order valence-corrected chi connectivity index (χ4v) is 11.7. The van der Waals surface area contributed by atoms with E-state index in [1.54, 1.807) is 72.8 Å². The van der Waals surface area contributed by atoms with Crippen molar-refractivity contribution < 1.29 is 22.9 Å². The molecule has 0 unspecified atom stereocenters. The molecule has 0 saturated carbocycles. The quantitative estimate of drug-likeness (QED) is 0.125. The second-order valence-corrected chi connectivity index (χ2v) is 15.8. The zero-order valence-corrected chi connectivity index (χ0v) is 24.9. The molecule has 6 nitrogen and oxygen atoms in total. The molecule has 0 spiro atoms. The fraction of sp³-hybridized carbons (Fsp3) is 0. The summed E-state index contributed by atoms with van der Waals surface area (Å²) in [7, 11) is 0. The second kappa shape index (κ2) is 11.5. The van der Waals surface area contributed by atoms with Crippen LogP contribution in [0.5, 0.6) is 34.5 Å². The molecule has 0 atom stereocenters. The topological polar surface area (TPSA) is 55.4 Å². The third kappa shape index (κ3) is 6.14. The van der Waals surface area contributed by atoms with Crippen LogP contribution in [0.3, 0.4) is 0 Å². The van der Waals surface area contributed by atoms with Gasteiger partial charge in [-0.25, -0.2) is 0 Å². The van der Waals surface area contributed by atoms with Crippen LogP contribution >= 0.6 is 0 Å². The minimum absolute atomic E-state index is 0.326. The summed E-state index contributed by atoms with van der Waals surface area (Å²) in [6.07, 6.45) is 0. The van der Waals surface area contributed by atoms with Crippen LogP contribution in [0.15, 0.2) is 182 Å². The second-order valence-electron chi connectivity index (χ2n) is 9.40. The Hall–Kier alpha value is -5.36.